The molecule has 1 aliphatic rings. The summed E-state index contributed by atoms with van der Waals surface area (Å²) in [4.78, 5) is 0. The number of allylic oxidation sites excluding steroid dienone is 3. The van der Waals surface area contributed by atoms with Gasteiger partial charge in [-0.15, -0.1) is 0 Å². The number of rotatable bonds is 4. The van der Waals surface area contributed by atoms with Crippen molar-refractivity contribution in [2.24, 2.45) is 27.1 Å². The van der Waals surface area contributed by atoms with Crippen molar-refractivity contribution in [2.45, 2.75) is 108 Å². The van der Waals surface area contributed by atoms with E-state index >= 15 is 0 Å². The van der Waals surface area contributed by atoms with Crippen LogP contribution in [-0.2, 0) is 0 Å². The highest BCUT2D eigenvalue weighted by Crippen LogP contribution is 2.60. The predicted molar refractivity (Wildman–Crippen MR) is 118 cm³/mol. The average molecular weight is 379 g/mol. The summed E-state index contributed by atoms with van der Waals surface area (Å²) >= 11 is 0. The molecular formula is C25H46O2. The van der Waals surface area contributed by atoms with Crippen molar-refractivity contribution in [1.29, 1.82) is 0 Å². The number of aliphatic hydroxyl groups excluding tert-OH is 2. The van der Waals surface area contributed by atoms with Crippen molar-refractivity contribution < 1.29 is 10.2 Å². The number of hydrogen-bond acceptors (Lipinski definition) is 2. The van der Waals surface area contributed by atoms with E-state index in [2.05, 4.69) is 95.2 Å². The van der Waals surface area contributed by atoms with Crippen LogP contribution in [0.3, 0.4) is 0 Å². The van der Waals surface area contributed by atoms with Gasteiger partial charge in [0.25, 0.3) is 0 Å². The van der Waals surface area contributed by atoms with E-state index in [0.717, 1.165) is 5.57 Å². The second-order valence-corrected chi connectivity index (χ2v) is 12.0. The molecule has 1 fully saturated rings. The summed E-state index contributed by atoms with van der Waals surface area (Å²) in [7, 11) is 0. The zero-order valence-corrected chi connectivity index (χ0v) is 20.1. The van der Waals surface area contributed by atoms with E-state index in [1.54, 1.807) is 0 Å². The summed E-state index contributed by atoms with van der Waals surface area (Å²) in [6, 6.07) is 0. The van der Waals surface area contributed by atoms with E-state index in [-0.39, 0.29) is 27.1 Å². The Balaban J connectivity index is 3.31. The number of hydrogen-bond donors (Lipinski definition) is 2. The zero-order chi connectivity index (χ0) is 21.6. The SMILES string of the molecule is C/C(=C\C=C1/C[C@@H](O)C[C@H](O)C1(C)C)C(C)(C)C(C)(C)C(C)(C)C(C)(C)C. The molecule has 1 saturated carbocycles. The van der Waals surface area contributed by atoms with Crippen LogP contribution in [0.2, 0.25) is 0 Å². The van der Waals surface area contributed by atoms with Gasteiger partial charge in [-0.05, 0) is 35.0 Å². The Labute approximate surface area is 169 Å². The molecule has 158 valence electrons. The van der Waals surface area contributed by atoms with E-state index in [9.17, 15) is 10.2 Å². The summed E-state index contributed by atoms with van der Waals surface area (Å²) in [5.41, 5.74) is 2.56. The first-order valence-corrected chi connectivity index (χ1v) is 10.5. The van der Waals surface area contributed by atoms with Crippen LogP contribution < -0.4 is 0 Å². The van der Waals surface area contributed by atoms with E-state index < -0.39 is 12.2 Å². The van der Waals surface area contributed by atoms with Crippen LogP contribution in [0.15, 0.2) is 23.3 Å². The van der Waals surface area contributed by atoms with Crippen LogP contribution in [0.1, 0.15) is 95.9 Å². The van der Waals surface area contributed by atoms with E-state index in [1.807, 2.05) is 0 Å². The van der Waals surface area contributed by atoms with Gasteiger partial charge in [0.05, 0.1) is 12.2 Å². The van der Waals surface area contributed by atoms with Gasteiger partial charge in [-0.1, -0.05) is 99.5 Å². The molecular weight excluding hydrogens is 332 g/mol. The maximum atomic E-state index is 10.4. The average Bonchev–Trinajstić information content (AvgIpc) is 2.47. The Kier molecular flexibility index (Phi) is 6.64. The lowest BCUT2D eigenvalue weighted by Gasteiger charge is -2.58. The molecule has 0 aromatic heterocycles. The largest absolute Gasteiger partial charge is 0.393 e. The first kappa shape index (κ1) is 24.4. The molecule has 2 atom stereocenters. The summed E-state index contributed by atoms with van der Waals surface area (Å²) in [6.45, 7) is 27.6. The molecule has 2 nitrogen and oxygen atoms in total. The smallest absolute Gasteiger partial charge is 0.0653 e. The molecule has 27 heavy (non-hydrogen) atoms. The molecule has 0 aromatic carbocycles. The monoisotopic (exact) mass is 378 g/mol. The van der Waals surface area contributed by atoms with E-state index in [0.29, 0.717) is 12.8 Å². The van der Waals surface area contributed by atoms with Crippen LogP contribution >= 0.6 is 0 Å². The minimum atomic E-state index is -0.495. The van der Waals surface area contributed by atoms with E-state index in [4.69, 9.17) is 0 Å². The third-order valence-corrected chi connectivity index (χ3v) is 9.13. The molecule has 0 amide bonds. The minimum Gasteiger partial charge on any atom is -0.393 e. The van der Waals surface area contributed by atoms with Crippen molar-refractivity contribution in [1.82, 2.24) is 0 Å². The summed E-state index contributed by atoms with van der Waals surface area (Å²) < 4.78 is 0. The molecule has 1 rings (SSSR count). The molecule has 2 N–H and O–H groups in total. The lowest BCUT2D eigenvalue weighted by atomic mass is 9.46. The molecule has 0 aromatic rings. The van der Waals surface area contributed by atoms with Crippen molar-refractivity contribution in [3.05, 3.63) is 23.3 Å². The second kappa shape index (κ2) is 7.34. The Hall–Kier alpha value is -0.600. The topological polar surface area (TPSA) is 40.5 Å². The first-order chi connectivity index (χ1) is 11.8. The maximum absolute atomic E-state index is 10.4. The first-order valence-electron chi connectivity index (χ1n) is 10.5. The third kappa shape index (κ3) is 4.22. The highest BCUT2D eigenvalue weighted by Gasteiger charge is 2.53. The standard InChI is InChI=1S/C25H46O2/c1-17(13-14-18-15-19(26)16-20(27)22(18,5)6)23(7,8)25(11,12)24(9,10)21(2,3)4/h13-14,19-20,26-27H,15-16H2,1-12H3/b17-13+,18-14+/t19-,20+/m1/s1. The molecule has 0 radical (unpaired) electrons. The Bertz CT molecular complexity index is 594. The van der Waals surface area contributed by atoms with Crippen molar-refractivity contribution in [3.63, 3.8) is 0 Å². The van der Waals surface area contributed by atoms with Crippen LogP contribution in [0.4, 0.5) is 0 Å². The van der Waals surface area contributed by atoms with Crippen molar-refractivity contribution >= 4 is 0 Å². The van der Waals surface area contributed by atoms with Crippen molar-refractivity contribution in [3.8, 4) is 0 Å². The van der Waals surface area contributed by atoms with Gasteiger partial charge in [0.1, 0.15) is 0 Å². The molecule has 0 saturated heterocycles. The van der Waals surface area contributed by atoms with Gasteiger partial charge in [-0.25, -0.2) is 0 Å². The Morgan fingerprint density at radius 3 is 1.85 bits per heavy atom. The molecule has 0 heterocycles. The van der Waals surface area contributed by atoms with Gasteiger partial charge < -0.3 is 10.2 Å². The lowest BCUT2D eigenvalue weighted by Crippen LogP contribution is -2.51. The van der Waals surface area contributed by atoms with E-state index in [1.165, 1.54) is 5.57 Å². The fraction of sp³-hybridized carbons (Fsp3) is 0.840. The van der Waals surface area contributed by atoms with Crippen LogP contribution in [0, 0.1) is 27.1 Å². The highest BCUT2D eigenvalue weighted by molar-refractivity contribution is 5.28. The van der Waals surface area contributed by atoms with Crippen LogP contribution in [-0.4, -0.2) is 22.4 Å². The van der Waals surface area contributed by atoms with Crippen LogP contribution in [0.25, 0.3) is 0 Å². The second-order valence-electron chi connectivity index (χ2n) is 12.0. The lowest BCUT2D eigenvalue weighted by molar-refractivity contribution is -0.0715. The third-order valence-electron chi connectivity index (χ3n) is 9.13. The van der Waals surface area contributed by atoms with Gasteiger partial charge in [-0.2, -0.15) is 0 Å². The van der Waals surface area contributed by atoms with Gasteiger partial charge >= 0.3 is 0 Å². The molecule has 0 spiro atoms. The summed E-state index contributed by atoms with van der Waals surface area (Å²) in [5, 5.41) is 20.5. The number of aliphatic hydroxyl groups is 2. The predicted octanol–water partition coefficient (Wildman–Crippen LogP) is 6.53. The van der Waals surface area contributed by atoms with Gasteiger partial charge in [-0.3, -0.25) is 0 Å². The quantitative estimate of drug-likeness (QED) is 0.584. The molecule has 2 heteroatoms. The fourth-order valence-corrected chi connectivity index (χ4v) is 4.29. The summed E-state index contributed by atoms with van der Waals surface area (Å²) in [6.07, 6.45) is 4.55. The molecule has 0 aliphatic heterocycles. The normalized spacial score (nSPS) is 27.2. The zero-order valence-electron chi connectivity index (χ0n) is 20.1. The van der Waals surface area contributed by atoms with Crippen molar-refractivity contribution in [2.75, 3.05) is 0 Å². The van der Waals surface area contributed by atoms with Gasteiger partial charge in [0, 0.05) is 11.8 Å². The highest BCUT2D eigenvalue weighted by atomic mass is 16.3. The minimum absolute atomic E-state index is 0.00309. The fourth-order valence-electron chi connectivity index (χ4n) is 4.29. The van der Waals surface area contributed by atoms with Gasteiger partial charge in [0.2, 0.25) is 0 Å². The Morgan fingerprint density at radius 1 is 0.926 bits per heavy atom. The molecule has 0 bridgehead atoms. The van der Waals surface area contributed by atoms with Crippen LogP contribution in [0.5, 0.6) is 0 Å². The maximum Gasteiger partial charge on any atom is 0.0653 e. The molecule has 0 unspecified atom stereocenters. The molecule has 1 aliphatic carbocycles. The summed E-state index contributed by atoms with van der Waals surface area (Å²) in [5.74, 6) is 0. The van der Waals surface area contributed by atoms with Gasteiger partial charge in [0.15, 0.2) is 0 Å². The Morgan fingerprint density at radius 2 is 1.41 bits per heavy atom.